The number of amides is 2. The Hall–Kier alpha value is -3.38. The Kier molecular flexibility index (Phi) is 18.9. The lowest BCUT2D eigenvalue weighted by molar-refractivity contribution is -0.147. The second-order valence-electron chi connectivity index (χ2n) is 17.6. The van der Waals surface area contributed by atoms with Crippen LogP contribution < -0.4 is 10.6 Å². The Morgan fingerprint density at radius 2 is 1.12 bits per heavy atom. The van der Waals surface area contributed by atoms with Gasteiger partial charge in [0.25, 0.3) is 0 Å². The van der Waals surface area contributed by atoms with Crippen molar-refractivity contribution in [3.8, 4) is 11.8 Å². The van der Waals surface area contributed by atoms with Gasteiger partial charge in [-0.2, -0.15) is 0 Å². The van der Waals surface area contributed by atoms with Gasteiger partial charge in [-0.25, -0.2) is 0 Å². The molecule has 0 radical (unpaired) electrons. The number of nitrogens with one attached hydrogen (secondary N) is 2. The number of hydrogen-bond acceptors (Lipinski definition) is 12. The molecule has 1 unspecified atom stereocenters. The topological polar surface area (TPSA) is 208 Å². The maximum Gasteiger partial charge on any atom is 0.321 e. The van der Waals surface area contributed by atoms with Gasteiger partial charge < -0.3 is 35.9 Å². The standard InChI is InChI=1S/C43H71N7O9S/c1-30(40(54)45-28-36(52)44-17-18-50-37(53)27-35(60)41(50)55)46-19-23-48(38(42(56)57)32-13-7-3-8-14-32)25-21-47(34(29-51)31-11-5-2-6-12-31)22-26-49(24-20-46)39(43(58)59)33-15-9-4-10-16-33/h27,29-34,38-39,53,55,60H,2-26,28H2,1H3,(H,44,52)(H,45,54)(H,56,57)(H,58,59)/t30?,34-,38+,39+/m0/s1. The third-order valence-corrected chi connectivity index (χ3v) is 14.2. The minimum atomic E-state index is -0.862. The Balaban J connectivity index is 1.37. The van der Waals surface area contributed by atoms with E-state index in [-0.39, 0.29) is 60.1 Å². The number of thiol groups is 1. The van der Waals surface area contributed by atoms with Crippen molar-refractivity contribution in [2.75, 3.05) is 65.4 Å². The van der Waals surface area contributed by atoms with Gasteiger partial charge in [-0.15, -0.1) is 12.6 Å². The lowest BCUT2D eigenvalue weighted by atomic mass is 9.82. The van der Waals surface area contributed by atoms with Gasteiger partial charge in [0.15, 0.2) is 5.88 Å². The van der Waals surface area contributed by atoms with Crippen LogP contribution in [0.15, 0.2) is 11.0 Å². The summed E-state index contributed by atoms with van der Waals surface area (Å²) >= 11 is 4.09. The van der Waals surface area contributed by atoms with Crippen LogP contribution in [0.3, 0.4) is 0 Å². The first kappa shape index (κ1) is 47.7. The molecule has 60 heavy (non-hydrogen) atoms. The zero-order chi connectivity index (χ0) is 43.2. The molecule has 4 fully saturated rings. The largest absolute Gasteiger partial charge is 0.494 e. The molecular formula is C43H71N7O9S. The number of carbonyl (C=O) groups excluding carboxylic acids is 3. The third kappa shape index (κ3) is 13.1. The lowest BCUT2D eigenvalue weighted by Crippen LogP contribution is -2.58. The van der Waals surface area contributed by atoms with Crippen LogP contribution in [-0.4, -0.2) is 164 Å². The van der Waals surface area contributed by atoms with E-state index in [0.29, 0.717) is 52.4 Å². The van der Waals surface area contributed by atoms with Crippen molar-refractivity contribution >= 4 is 42.7 Å². The lowest BCUT2D eigenvalue weighted by Gasteiger charge is -2.43. The number of aldehydes is 1. The third-order valence-electron chi connectivity index (χ3n) is 13.9. The van der Waals surface area contributed by atoms with Crippen LogP contribution in [0.4, 0.5) is 0 Å². The highest BCUT2D eigenvalue weighted by Crippen LogP contribution is 2.33. The van der Waals surface area contributed by atoms with Crippen molar-refractivity contribution in [2.24, 2.45) is 17.8 Å². The first-order chi connectivity index (χ1) is 28.9. The Labute approximate surface area is 360 Å². The Morgan fingerprint density at radius 1 is 0.683 bits per heavy atom. The number of rotatable bonds is 16. The van der Waals surface area contributed by atoms with Gasteiger partial charge in [-0.3, -0.25) is 43.3 Å². The number of carboxylic acids is 2. The van der Waals surface area contributed by atoms with Crippen LogP contribution in [0.2, 0.25) is 0 Å². The van der Waals surface area contributed by atoms with Gasteiger partial charge in [-0.1, -0.05) is 57.8 Å². The van der Waals surface area contributed by atoms with Crippen molar-refractivity contribution in [1.82, 2.24) is 34.8 Å². The second-order valence-corrected chi connectivity index (χ2v) is 18.1. The number of aliphatic carboxylic acids is 2. The van der Waals surface area contributed by atoms with Crippen LogP contribution in [0.1, 0.15) is 103 Å². The quantitative estimate of drug-likeness (QED) is 0.0943. The van der Waals surface area contributed by atoms with E-state index in [1.54, 1.807) is 6.92 Å². The molecule has 0 spiro atoms. The van der Waals surface area contributed by atoms with Crippen molar-refractivity contribution in [2.45, 2.75) is 139 Å². The van der Waals surface area contributed by atoms with Gasteiger partial charge in [0, 0.05) is 71.5 Å². The summed E-state index contributed by atoms with van der Waals surface area (Å²) < 4.78 is 1.20. The van der Waals surface area contributed by atoms with E-state index in [9.17, 15) is 44.4 Å². The van der Waals surface area contributed by atoms with Crippen LogP contribution in [0, 0.1) is 17.8 Å². The van der Waals surface area contributed by atoms with Gasteiger partial charge >= 0.3 is 11.9 Å². The molecule has 17 heteroatoms. The molecule has 16 nitrogen and oxygen atoms in total. The summed E-state index contributed by atoms with van der Waals surface area (Å²) in [6.45, 7) is 4.75. The maximum absolute atomic E-state index is 13.8. The number of aromatic hydroxyl groups is 2. The van der Waals surface area contributed by atoms with Gasteiger partial charge in [0.1, 0.15) is 18.4 Å². The molecule has 1 saturated heterocycles. The molecule has 338 valence electrons. The molecule has 1 aromatic heterocycles. The predicted molar refractivity (Wildman–Crippen MR) is 229 cm³/mol. The average molecular weight is 862 g/mol. The average Bonchev–Trinajstić information content (AvgIpc) is 3.48. The Bertz CT molecular complexity index is 1510. The molecule has 2 heterocycles. The number of carboxylic acid groups (broad SMARTS) is 2. The fourth-order valence-corrected chi connectivity index (χ4v) is 10.7. The highest BCUT2D eigenvalue weighted by molar-refractivity contribution is 7.80. The minimum Gasteiger partial charge on any atom is -0.494 e. The zero-order valence-electron chi connectivity index (χ0n) is 35.6. The van der Waals surface area contributed by atoms with Gasteiger partial charge in [0.05, 0.1) is 23.5 Å². The van der Waals surface area contributed by atoms with Crippen LogP contribution in [0.25, 0.3) is 0 Å². The van der Waals surface area contributed by atoms with Crippen molar-refractivity contribution in [1.29, 1.82) is 0 Å². The normalized spacial score (nSPS) is 23.0. The molecule has 6 N–H and O–H groups in total. The summed E-state index contributed by atoms with van der Waals surface area (Å²) in [5, 5.41) is 47.1. The van der Waals surface area contributed by atoms with E-state index in [0.717, 1.165) is 103 Å². The monoisotopic (exact) mass is 862 g/mol. The van der Waals surface area contributed by atoms with Crippen LogP contribution >= 0.6 is 12.6 Å². The fraction of sp³-hybridized carbons (Fsp3) is 0.791. The molecule has 4 atom stereocenters. The van der Waals surface area contributed by atoms with Gasteiger partial charge in [0.2, 0.25) is 17.7 Å². The van der Waals surface area contributed by atoms with E-state index in [4.69, 9.17) is 0 Å². The Morgan fingerprint density at radius 3 is 1.53 bits per heavy atom. The van der Waals surface area contributed by atoms with Crippen molar-refractivity contribution in [3.63, 3.8) is 0 Å². The zero-order valence-corrected chi connectivity index (χ0v) is 36.5. The molecular weight excluding hydrogens is 791 g/mol. The highest BCUT2D eigenvalue weighted by atomic mass is 32.1. The molecule has 0 bridgehead atoms. The minimum absolute atomic E-state index is 0.0155. The SMILES string of the molecule is CC(C(=O)NCC(=O)NCCn1c(O)cc(S)c1O)N1CCN([C@@H](C(=O)O)C2CCCCC2)CCN([C@@H](C=O)C2CCCCC2)CCN([C@@H](C(=O)O)C2CCCCC2)CC1. The first-order valence-corrected chi connectivity index (χ1v) is 23.1. The maximum atomic E-state index is 13.8. The predicted octanol–water partition coefficient (Wildman–Crippen LogP) is 3.25. The summed E-state index contributed by atoms with van der Waals surface area (Å²) in [6.07, 6.45) is 15.7. The summed E-state index contributed by atoms with van der Waals surface area (Å²) in [7, 11) is 0. The number of carbonyl (C=O) groups is 5. The van der Waals surface area contributed by atoms with Crippen molar-refractivity contribution < 1.29 is 44.4 Å². The molecule has 4 aliphatic rings. The van der Waals surface area contributed by atoms with E-state index < -0.39 is 41.9 Å². The van der Waals surface area contributed by atoms with E-state index in [1.807, 2.05) is 4.90 Å². The van der Waals surface area contributed by atoms with E-state index in [1.165, 1.54) is 10.6 Å². The molecule has 3 saturated carbocycles. The number of hydrogen-bond donors (Lipinski definition) is 7. The summed E-state index contributed by atoms with van der Waals surface area (Å²) in [4.78, 5) is 74.4. The number of aromatic nitrogens is 1. The van der Waals surface area contributed by atoms with Gasteiger partial charge in [-0.05, 0) is 63.2 Å². The number of nitrogens with zero attached hydrogens (tertiary/aromatic N) is 5. The van der Waals surface area contributed by atoms with Crippen molar-refractivity contribution in [3.05, 3.63) is 6.07 Å². The van der Waals surface area contributed by atoms with E-state index >= 15 is 0 Å². The van der Waals surface area contributed by atoms with E-state index in [2.05, 4.69) is 38.0 Å². The first-order valence-electron chi connectivity index (χ1n) is 22.6. The molecule has 1 aromatic rings. The van der Waals surface area contributed by atoms with Crippen LogP contribution in [-0.2, 0) is 30.5 Å². The second kappa shape index (κ2) is 23.7. The molecule has 0 aromatic carbocycles. The van der Waals surface area contributed by atoms with Crippen LogP contribution in [0.5, 0.6) is 11.8 Å². The molecule has 3 aliphatic carbocycles. The summed E-state index contributed by atoms with van der Waals surface area (Å²) in [6, 6.07) is -1.21. The molecule has 5 rings (SSSR count). The summed E-state index contributed by atoms with van der Waals surface area (Å²) in [5.74, 6) is -2.83. The summed E-state index contributed by atoms with van der Waals surface area (Å²) in [5.41, 5.74) is 0. The molecule has 1 aliphatic heterocycles. The fourth-order valence-electron chi connectivity index (χ4n) is 10.5. The molecule has 2 amide bonds. The highest BCUT2D eigenvalue weighted by Gasteiger charge is 2.39. The smallest absolute Gasteiger partial charge is 0.321 e.